The first kappa shape index (κ1) is 18.0. The van der Waals surface area contributed by atoms with Gasteiger partial charge in [0.15, 0.2) is 0 Å². The zero-order chi connectivity index (χ0) is 16.3. The topological polar surface area (TPSA) is 58.4 Å². The van der Waals surface area contributed by atoms with Crippen LogP contribution in [-0.4, -0.2) is 30.4 Å². The molecule has 1 heterocycles. The van der Waals surface area contributed by atoms with Crippen molar-refractivity contribution in [2.24, 2.45) is 5.73 Å². The van der Waals surface area contributed by atoms with Crippen LogP contribution >= 0.6 is 0 Å². The molecule has 3 N–H and O–H groups in total. The zero-order valence-corrected chi connectivity index (χ0v) is 14.2. The summed E-state index contributed by atoms with van der Waals surface area (Å²) in [6.45, 7) is 4.84. The van der Waals surface area contributed by atoms with Gasteiger partial charge in [0.2, 0.25) is 5.91 Å². The van der Waals surface area contributed by atoms with Gasteiger partial charge in [-0.05, 0) is 56.4 Å². The minimum absolute atomic E-state index is 0.155. The van der Waals surface area contributed by atoms with Crippen LogP contribution in [0.1, 0.15) is 56.1 Å². The molecule has 0 radical (unpaired) electrons. The molecule has 1 aliphatic heterocycles. The number of hydrogen-bond acceptors (Lipinski definition) is 3. The molecule has 1 aromatic rings. The normalized spacial score (nSPS) is 15.0. The lowest BCUT2D eigenvalue weighted by atomic mass is 10.1. The van der Waals surface area contributed by atoms with Crippen molar-refractivity contribution < 1.29 is 4.79 Å². The highest BCUT2D eigenvalue weighted by Gasteiger charge is 2.11. The molecule has 1 amide bonds. The molecular weight excluding hydrogens is 286 g/mol. The van der Waals surface area contributed by atoms with Gasteiger partial charge >= 0.3 is 0 Å². The van der Waals surface area contributed by atoms with Crippen LogP contribution in [0.15, 0.2) is 24.3 Å². The summed E-state index contributed by atoms with van der Waals surface area (Å²) in [5, 5.41) is 3.03. The number of unbranched alkanes of at least 4 members (excludes halogenated alkanes) is 3. The quantitative estimate of drug-likeness (QED) is 0.652. The summed E-state index contributed by atoms with van der Waals surface area (Å²) in [5.41, 5.74) is 8.00. The van der Waals surface area contributed by atoms with Crippen LogP contribution in [0.5, 0.6) is 0 Å². The van der Waals surface area contributed by atoms with Gasteiger partial charge in [0.25, 0.3) is 0 Å². The van der Waals surface area contributed by atoms with Gasteiger partial charge in [0, 0.05) is 19.5 Å². The minimum Gasteiger partial charge on any atom is -0.352 e. The Labute approximate surface area is 140 Å². The Morgan fingerprint density at radius 3 is 2.61 bits per heavy atom. The first-order valence-corrected chi connectivity index (χ1v) is 9.05. The summed E-state index contributed by atoms with van der Waals surface area (Å²) in [6, 6.07) is 8.59. The predicted molar refractivity (Wildman–Crippen MR) is 94.9 cm³/mol. The molecule has 2 rings (SSSR count). The second-order valence-corrected chi connectivity index (χ2v) is 6.53. The predicted octanol–water partition coefficient (Wildman–Crippen LogP) is 2.81. The lowest BCUT2D eigenvalue weighted by Gasteiger charge is -2.15. The Hall–Kier alpha value is -1.39. The van der Waals surface area contributed by atoms with Crippen molar-refractivity contribution in [2.75, 3.05) is 19.6 Å². The van der Waals surface area contributed by atoms with Crippen LogP contribution in [0, 0.1) is 0 Å². The fourth-order valence-corrected chi connectivity index (χ4v) is 3.11. The summed E-state index contributed by atoms with van der Waals surface area (Å²) in [6.07, 6.45) is 7.50. The number of nitrogens with zero attached hydrogens (tertiary/aromatic N) is 1. The van der Waals surface area contributed by atoms with E-state index in [1.807, 2.05) is 0 Å². The molecule has 1 aromatic carbocycles. The molecule has 128 valence electrons. The molecule has 1 aliphatic rings. The molecule has 0 unspecified atom stereocenters. The molecule has 4 nitrogen and oxygen atoms in total. The molecule has 0 atom stereocenters. The molecular formula is C19H31N3O. The fraction of sp³-hybridized carbons (Fsp3) is 0.632. The van der Waals surface area contributed by atoms with E-state index < -0.39 is 0 Å². The molecule has 0 saturated carbocycles. The summed E-state index contributed by atoms with van der Waals surface area (Å²) >= 11 is 0. The number of rotatable bonds is 10. The van der Waals surface area contributed by atoms with Crippen molar-refractivity contribution in [3.8, 4) is 0 Å². The van der Waals surface area contributed by atoms with E-state index in [1.54, 1.807) is 0 Å². The highest BCUT2D eigenvalue weighted by Crippen LogP contribution is 2.14. The van der Waals surface area contributed by atoms with Crippen molar-refractivity contribution in [1.82, 2.24) is 10.2 Å². The highest BCUT2D eigenvalue weighted by molar-refractivity contribution is 5.75. The summed E-state index contributed by atoms with van der Waals surface area (Å²) in [5.74, 6) is 0.155. The number of likely N-dealkylation sites (tertiary alicyclic amines) is 1. The van der Waals surface area contributed by atoms with Gasteiger partial charge in [0.1, 0.15) is 0 Å². The van der Waals surface area contributed by atoms with Gasteiger partial charge in [-0.1, -0.05) is 37.1 Å². The Morgan fingerprint density at radius 2 is 1.83 bits per heavy atom. The molecule has 0 bridgehead atoms. The number of amides is 1. The smallest absolute Gasteiger partial charge is 0.220 e. The highest BCUT2D eigenvalue weighted by atomic mass is 16.1. The first-order chi connectivity index (χ1) is 11.3. The third-order valence-electron chi connectivity index (χ3n) is 4.44. The average Bonchev–Trinajstić information content (AvgIpc) is 3.06. The number of carbonyl (C=O) groups is 1. The second-order valence-electron chi connectivity index (χ2n) is 6.53. The van der Waals surface area contributed by atoms with Crippen molar-refractivity contribution in [1.29, 1.82) is 0 Å². The second kappa shape index (κ2) is 10.4. The minimum atomic E-state index is 0.155. The Bertz CT molecular complexity index is 469. The van der Waals surface area contributed by atoms with E-state index in [-0.39, 0.29) is 5.91 Å². The Balaban J connectivity index is 1.67. The zero-order valence-electron chi connectivity index (χ0n) is 14.2. The number of nitrogens with one attached hydrogen (secondary N) is 1. The number of benzene rings is 1. The van der Waals surface area contributed by atoms with E-state index in [9.17, 15) is 4.79 Å². The fourth-order valence-electron chi connectivity index (χ4n) is 3.11. The van der Waals surface area contributed by atoms with Crippen LogP contribution in [-0.2, 0) is 17.9 Å². The number of nitrogens with two attached hydrogens (primary N) is 1. The molecule has 23 heavy (non-hydrogen) atoms. The van der Waals surface area contributed by atoms with Crippen molar-refractivity contribution in [3.05, 3.63) is 35.4 Å². The molecule has 0 spiro atoms. The molecule has 0 aromatic heterocycles. The molecule has 1 saturated heterocycles. The molecule has 1 fully saturated rings. The van der Waals surface area contributed by atoms with Gasteiger partial charge < -0.3 is 11.1 Å². The summed E-state index contributed by atoms with van der Waals surface area (Å²) in [4.78, 5) is 14.4. The van der Waals surface area contributed by atoms with Crippen LogP contribution in [0.25, 0.3) is 0 Å². The van der Waals surface area contributed by atoms with E-state index in [0.29, 0.717) is 13.0 Å². The third kappa shape index (κ3) is 7.14. The maximum Gasteiger partial charge on any atom is 0.220 e. The maximum atomic E-state index is 11.9. The SMILES string of the molecule is NCCCCCCC(=O)NCc1cccc(CN2CCCC2)c1. The number of hydrogen-bond donors (Lipinski definition) is 2. The Morgan fingerprint density at radius 1 is 1.09 bits per heavy atom. The van der Waals surface area contributed by atoms with Crippen LogP contribution in [0.3, 0.4) is 0 Å². The standard InChI is InChI=1S/C19H31N3O/c20-11-4-2-1-3-10-19(23)21-15-17-8-7-9-18(14-17)16-22-12-5-6-13-22/h7-9,14H,1-6,10-13,15-16,20H2,(H,21,23). The van der Waals surface area contributed by atoms with E-state index >= 15 is 0 Å². The van der Waals surface area contributed by atoms with Crippen LogP contribution < -0.4 is 11.1 Å². The van der Waals surface area contributed by atoms with Crippen molar-refractivity contribution in [3.63, 3.8) is 0 Å². The monoisotopic (exact) mass is 317 g/mol. The van der Waals surface area contributed by atoms with Gasteiger partial charge in [-0.3, -0.25) is 9.69 Å². The summed E-state index contributed by atoms with van der Waals surface area (Å²) < 4.78 is 0. The van der Waals surface area contributed by atoms with Gasteiger partial charge in [-0.25, -0.2) is 0 Å². The van der Waals surface area contributed by atoms with Crippen molar-refractivity contribution in [2.45, 2.75) is 58.0 Å². The average molecular weight is 317 g/mol. The number of carbonyl (C=O) groups excluding carboxylic acids is 1. The van der Waals surface area contributed by atoms with Crippen LogP contribution in [0.4, 0.5) is 0 Å². The third-order valence-corrected chi connectivity index (χ3v) is 4.44. The maximum absolute atomic E-state index is 11.9. The largest absolute Gasteiger partial charge is 0.352 e. The Kier molecular flexibility index (Phi) is 8.12. The van der Waals surface area contributed by atoms with Gasteiger partial charge in [0.05, 0.1) is 0 Å². The lowest BCUT2D eigenvalue weighted by Crippen LogP contribution is -2.22. The molecule has 0 aliphatic carbocycles. The van der Waals surface area contributed by atoms with Crippen LogP contribution in [0.2, 0.25) is 0 Å². The molecule has 4 heteroatoms. The lowest BCUT2D eigenvalue weighted by molar-refractivity contribution is -0.121. The van der Waals surface area contributed by atoms with Crippen molar-refractivity contribution >= 4 is 5.91 Å². The summed E-state index contributed by atoms with van der Waals surface area (Å²) in [7, 11) is 0. The van der Waals surface area contributed by atoms with Gasteiger partial charge in [-0.2, -0.15) is 0 Å². The van der Waals surface area contributed by atoms with E-state index in [4.69, 9.17) is 5.73 Å². The van der Waals surface area contributed by atoms with E-state index in [0.717, 1.165) is 38.8 Å². The van der Waals surface area contributed by atoms with Gasteiger partial charge in [-0.15, -0.1) is 0 Å². The van der Waals surface area contributed by atoms with E-state index in [1.165, 1.54) is 37.1 Å². The first-order valence-electron chi connectivity index (χ1n) is 9.05. The van der Waals surface area contributed by atoms with E-state index in [2.05, 4.69) is 34.5 Å².